The van der Waals surface area contributed by atoms with Gasteiger partial charge in [-0.05, 0) is 18.6 Å². The summed E-state index contributed by atoms with van der Waals surface area (Å²) in [5.74, 6) is -1.39. The number of aliphatic carboxylic acids is 1. The highest BCUT2D eigenvalue weighted by atomic mass is 16.4. The molecule has 4 heteroatoms. The second-order valence-corrected chi connectivity index (χ2v) is 3.29. The Morgan fingerprint density at radius 2 is 2.21 bits per heavy atom. The zero-order valence-electron chi connectivity index (χ0n) is 7.90. The molecule has 0 aliphatic rings. The molecule has 1 rings (SSSR count). The van der Waals surface area contributed by atoms with E-state index in [1.807, 2.05) is 0 Å². The minimum absolute atomic E-state index is 0.0538. The molecule has 0 aliphatic heterocycles. The number of rotatable bonds is 3. The van der Waals surface area contributed by atoms with E-state index in [9.17, 15) is 9.90 Å². The topological polar surface area (TPSA) is 83.5 Å². The van der Waals surface area contributed by atoms with Crippen LogP contribution in [0.3, 0.4) is 0 Å². The number of anilines is 1. The first-order chi connectivity index (χ1) is 6.52. The summed E-state index contributed by atoms with van der Waals surface area (Å²) in [7, 11) is 0. The van der Waals surface area contributed by atoms with Crippen molar-refractivity contribution in [1.29, 1.82) is 0 Å². The van der Waals surface area contributed by atoms with Gasteiger partial charge in [0.1, 0.15) is 5.75 Å². The molecule has 14 heavy (non-hydrogen) atoms. The van der Waals surface area contributed by atoms with Crippen LogP contribution in [-0.2, 0) is 11.2 Å². The van der Waals surface area contributed by atoms with Gasteiger partial charge in [0.25, 0.3) is 0 Å². The molecule has 0 saturated carbocycles. The molecule has 0 radical (unpaired) electrons. The van der Waals surface area contributed by atoms with Crippen molar-refractivity contribution in [2.24, 2.45) is 5.92 Å². The molecule has 0 bridgehead atoms. The first kappa shape index (κ1) is 10.4. The van der Waals surface area contributed by atoms with Crippen LogP contribution >= 0.6 is 0 Å². The van der Waals surface area contributed by atoms with Crippen molar-refractivity contribution in [3.8, 4) is 5.75 Å². The molecule has 1 aromatic carbocycles. The van der Waals surface area contributed by atoms with Gasteiger partial charge in [-0.3, -0.25) is 4.79 Å². The Hall–Kier alpha value is -1.71. The van der Waals surface area contributed by atoms with E-state index in [0.717, 1.165) is 0 Å². The lowest BCUT2D eigenvalue weighted by molar-refractivity contribution is -0.141. The van der Waals surface area contributed by atoms with E-state index in [2.05, 4.69) is 0 Å². The standard InChI is InChI=1S/C10H13NO3/c1-6(10(13)14)5-7-8(11)3-2-4-9(7)12/h2-4,6,12H,5,11H2,1H3,(H,13,14). The number of carbonyl (C=O) groups is 1. The molecule has 4 nitrogen and oxygen atoms in total. The minimum Gasteiger partial charge on any atom is -0.508 e. The van der Waals surface area contributed by atoms with Crippen LogP contribution in [0.15, 0.2) is 18.2 Å². The van der Waals surface area contributed by atoms with Crippen LogP contribution in [0, 0.1) is 5.92 Å². The zero-order valence-corrected chi connectivity index (χ0v) is 7.90. The maximum absolute atomic E-state index is 10.6. The monoisotopic (exact) mass is 195 g/mol. The quantitative estimate of drug-likeness (QED) is 0.633. The molecule has 0 heterocycles. The van der Waals surface area contributed by atoms with Crippen LogP contribution in [-0.4, -0.2) is 16.2 Å². The van der Waals surface area contributed by atoms with E-state index < -0.39 is 11.9 Å². The average Bonchev–Trinajstić information content (AvgIpc) is 2.11. The first-order valence-corrected chi connectivity index (χ1v) is 4.31. The highest BCUT2D eigenvalue weighted by Gasteiger charge is 2.15. The summed E-state index contributed by atoms with van der Waals surface area (Å²) in [6, 6.07) is 4.77. The highest BCUT2D eigenvalue weighted by Crippen LogP contribution is 2.25. The van der Waals surface area contributed by atoms with Gasteiger partial charge >= 0.3 is 5.97 Å². The Morgan fingerprint density at radius 1 is 1.57 bits per heavy atom. The van der Waals surface area contributed by atoms with Crippen molar-refractivity contribution >= 4 is 11.7 Å². The lowest BCUT2D eigenvalue weighted by Gasteiger charge is -2.10. The zero-order chi connectivity index (χ0) is 10.7. The predicted molar refractivity (Wildman–Crippen MR) is 53.0 cm³/mol. The van der Waals surface area contributed by atoms with Gasteiger partial charge in [-0.15, -0.1) is 0 Å². The molecule has 1 unspecified atom stereocenters. The Balaban J connectivity index is 2.91. The fourth-order valence-corrected chi connectivity index (χ4v) is 1.21. The molecule has 0 spiro atoms. The summed E-state index contributed by atoms with van der Waals surface area (Å²) in [6.07, 6.45) is 0.244. The van der Waals surface area contributed by atoms with E-state index >= 15 is 0 Å². The Kier molecular flexibility index (Phi) is 2.96. The fraction of sp³-hybridized carbons (Fsp3) is 0.300. The van der Waals surface area contributed by atoms with Crippen molar-refractivity contribution in [3.05, 3.63) is 23.8 Å². The van der Waals surface area contributed by atoms with Crippen LogP contribution in [0.1, 0.15) is 12.5 Å². The third-order valence-corrected chi connectivity index (χ3v) is 2.12. The van der Waals surface area contributed by atoms with Crippen molar-refractivity contribution in [2.45, 2.75) is 13.3 Å². The predicted octanol–water partition coefficient (Wildman–Crippen LogP) is 1.24. The number of aromatic hydroxyl groups is 1. The molecule has 0 amide bonds. The molecule has 4 N–H and O–H groups in total. The number of benzene rings is 1. The number of phenolic OH excluding ortho intramolecular Hbond substituents is 1. The average molecular weight is 195 g/mol. The van der Waals surface area contributed by atoms with Gasteiger partial charge in [-0.25, -0.2) is 0 Å². The summed E-state index contributed by atoms with van der Waals surface area (Å²) in [4.78, 5) is 10.6. The third kappa shape index (κ3) is 2.16. The maximum atomic E-state index is 10.6. The number of phenols is 1. The van der Waals surface area contributed by atoms with Gasteiger partial charge in [0.05, 0.1) is 5.92 Å². The molecular formula is C10H13NO3. The first-order valence-electron chi connectivity index (χ1n) is 4.31. The maximum Gasteiger partial charge on any atom is 0.306 e. The summed E-state index contributed by atoms with van der Waals surface area (Å²) >= 11 is 0. The highest BCUT2D eigenvalue weighted by molar-refractivity contribution is 5.70. The number of nitrogens with two attached hydrogens (primary N) is 1. The lowest BCUT2D eigenvalue weighted by Crippen LogP contribution is -2.13. The molecule has 0 fully saturated rings. The molecule has 0 saturated heterocycles. The third-order valence-electron chi connectivity index (χ3n) is 2.12. The number of nitrogen functional groups attached to an aromatic ring is 1. The molecule has 1 atom stereocenters. The van der Waals surface area contributed by atoms with Crippen LogP contribution < -0.4 is 5.73 Å². The number of carboxylic acids is 1. The normalized spacial score (nSPS) is 12.4. The van der Waals surface area contributed by atoms with E-state index in [1.54, 1.807) is 19.1 Å². The second-order valence-electron chi connectivity index (χ2n) is 3.29. The van der Waals surface area contributed by atoms with Gasteiger partial charge < -0.3 is 15.9 Å². The summed E-state index contributed by atoms with van der Waals surface area (Å²) < 4.78 is 0. The second kappa shape index (κ2) is 4.00. The van der Waals surface area contributed by atoms with Crippen LogP contribution in [0.4, 0.5) is 5.69 Å². The van der Waals surface area contributed by atoms with Crippen molar-refractivity contribution in [2.75, 3.05) is 5.73 Å². The van der Waals surface area contributed by atoms with Gasteiger partial charge in [0.15, 0.2) is 0 Å². The smallest absolute Gasteiger partial charge is 0.306 e. The lowest BCUT2D eigenvalue weighted by atomic mass is 9.99. The van der Waals surface area contributed by atoms with E-state index in [0.29, 0.717) is 11.3 Å². The van der Waals surface area contributed by atoms with Crippen molar-refractivity contribution in [1.82, 2.24) is 0 Å². The number of carboxylic acid groups (broad SMARTS) is 1. The molecule has 76 valence electrons. The van der Waals surface area contributed by atoms with Gasteiger partial charge in [-0.1, -0.05) is 13.0 Å². The van der Waals surface area contributed by atoms with Crippen molar-refractivity contribution < 1.29 is 15.0 Å². The SMILES string of the molecule is CC(Cc1c(N)cccc1O)C(=O)O. The summed E-state index contributed by atoms with van der Waals surface area (Å²) in [6.45, 7) is 1.58. The van der Waals surface area contributed by atoms with Gasteiger partial charge in [0.2, 0.25) is 0 Å². The fourth-order valence-electron chi connectivity index (χ4n) is 1.21. The molecular weight excluding hydrogens is 182 g/mol. The molecule has 1 aromatic rings. The minimum atomic E-state index is -0.896. The number of hydrogen-bond donors (Lipinski definition) is 3. The summed E-state index contributed by atoms with van der Waals surface area (Å²) in [5.41, 5.74) is 6.55. The molecule has 0 aromatic heterocycles. The van der Waals surface area contributed by atoms with Gasteiger partial charge in [-0.2, -0.15) is 0 Å². The van der Waals surface area contributed by atoms with Crippen LogP contribution in [0.2, 0.25) is 0 Å². The van der Waals surface area contributed by atoms with Gasteiger partial charge in [0, 0.05) is 11.3 Å². The molecule has 0 aliphatic carbocycles. The van der Waals surface area contributed by atoms with E-state index in [1.165, 1.54) is 6.07 Å². The van der Waals surface area contributed by atoms with Crippen LogP contribution in [0.25, 0.3) is 0 Å². The Bertz CT molecular complexity index is 329. The van der Waals surface area contributed by atoms with E-state index in [4.69, 9.17) is 10.8 Å². The van der Waals surface area contributed by atoms with Crippen LogP contribution in [0.5, 0.6) is 5.75 Å². The van der Waals surface area contributed by atoms with E-state index in [-0.39, 0.29) is 12.2 Å². The Labute approximate surface area is 82.0 Å². The number of hydrogen-bond acceptors (Lipinski definition) is 3. The Morgan fingerprint density at radius 3 is 2.71 bits per heavy atom. The van der Waals surface area contributed by atoms with Crippen molar-refractivity contribution in [3.63, 3.8) is 0 Å². The largest absolute Gasteiger partial charge is 0.508 e. The summed E-state index contributed by atoms with van der Waals surface area (Å²) in [5, 5.41) is 18.2.